The van der Waals surface area contributed by atoms with E-state index in [4.69, 9.17) is 14.2 Å². The molecule has 3 aromatic rings. The minimum Gasteiger partial charge on any atom is -0.507 e. The number of hydrogen-bond acceptors (Lipinski definition) is 7. The molecule has 0 saturated carbocycles. The van der Waals surface area contributed by atoms with Gasteiger partial charge in [0.25, 0.3) is 5.91 Å². The average Bonchev–Trinajstić information content (AvgIpc) is 3.36. The molecular weight excluding hydrogens is 426 g/mol. The Hall–Kier alpha value is -3.72. The van der Waals surface area contributed by atoms with E-state index < -0.39 is 6.04 Å². The van der Waals surface area contributed by atoms with Crippen molar-refractivity contribution in [3.05, 3.63) is 52.7 Å². The highest BCUT2D eigenvalue weighted by Gasteiger charge is 2.43. The Morgan fingerprint density at radius 2 is 1.79 bits per heavy atom. The van der Waals surface area contributed by atoms with Crippen LogP contribution in [-0.4, -0.2) is 65.7 Å². The molecule has 0 radical (unpaired) electrons. The largest absolute Gasteiger partial charge is 0.507 e. The SMILES string of the molecule is COc1cc([C@H]2c3c(-c4cc(C)ccc4O)n[nH]c3C(=O)N2CCCO)cc(OC)c1OC. The number of aromatic hydroxyl groups is 1. The lowest BCUT2D eigenvalue weighted by molar-refractivity contribution is 0.0731. The van der Waals surface area contributed by atoms with Crippen LogP contribution in [0.2, 0.25) is 0 Å². The standard InChI is InChI=1S/C24H27N3O6/c1-13-6-7-16(29)15(10-13)20-19-21(26-25-20)24(30)27(8-5-9-28)22(19)14-11-17(31-2)23(33-4)18(12-14)32-3/h6-7,10-12,22,28-29H,5,8-9H2,1-4H3,(H,25,26)/t22-/m0/s1. The van der Waals surface area contributed by atoms with Crippen molar-refractivity contribution < 1.29 is 29.2 Å². The molecule has 1 aromatic heterocycles. The predicted molar refractivity (Wildman–Crippen MR) is 121 cm³/mol. The molecular formula is C24H27N3O6. The maximum Gasteiger partial charge on any atom is 0.273 e. The number of hydrogen-bond donors (Lipinski definition) is 3. The van der Waals surface area contributed by atoms with E-state index in [1.165, 1.54) is 21.3 Å². The van der Waals surface area contributed by atoms with Crippen molar-refractivity contribution in [1.29, 1.82) is 0 Å². The Morgan fingerprint density at radius 3 is 2.39 bits per heavy atom. The number of aliphatic hydroxyl groups excluding tert-OH is 1. The van der Waals surface area contributed by atoms with Crippen molar-refractivity contribution in [2.75, 3.05) is 34.5 Å². The van der Waals surface area contributed by atoms with E-state index in [9.17, 15) is 15.0 Å². The van der Waals surface area contributed by atoms with Crippen LogP contribution < -0.4 is 14.2 Å². The summed E-state index contributed by atoms with van der Waals surface area (Å²) in [7, 11) is 4.59. The van der Waals surface area contributed by atoms with E-state index in [1.807, 2.05) is 13.0 Å². The number of methoxy groups -OCH3 is 3. The number of aliphatic hydroxyl groups is 1. The van der Waals surface area contributed by atoms with Gasteiger partial charge in [0.2, 0.25) is 5.75 Å². The number of aromatic amines is 1. The molecule has 0 bridgehead atoms. The van der Waals surface area contributed by atoms with Crippen LogP contribution in [0.25, 0.3) is 11.3 Å². The topological polar surface area (TPSA) is 117 Å². The first-order chi connectivity index (χ1) is 15.9. The van der Waals surface area contributed by atoms with Crippen LogP contribution >= 0.6 is 0 Å². The summed E-state index contributed by atoms with van der Waals surface area (Å²) in [5.41, 5.74) is 3.69. The quantitative estimate of drug-likeness (QED) is 0.480. The molecule has 9 heteroatoms. The Balaban J connectivity index is 1.95. The second-order valence-corrected chi connectivity index (χ2v) is 7.82. The van der Waals surface area contributed by atoms with Crippen LogP contribution in [-0.2, 0) is 0 Å². The molecule has 0 spiro atoms. The van der Waals surface area contributed by atoms with Crippen molar-refractivity contribution >= 4 is 5.91 Å². The molecule has 174 valence electrons. The molecule has 1 atom stereocenters. The van der Waals surface area contributed by atoms with Crippen LogP contribution in [0.15, 0.2) is 30.3 Å². The fourth-order valence-corrected chi connectivity index (χ4v) is 4.32. The fourth-order valence-electron chi connectivity index (χ4n) is 4.32. The number of nitrogens with zero attached hydrogens (tertiary/aromatic N) is 2. The minimum atomic E-state index is -0.540. The lowest BCUT2D eigenvalue weighted by Crippen LogP contribution is -2.31. The second-order valence-electron chi connectivity index (χ2n) is 7.82. The number of phenolic OH excluding ortho intramolecular Hbond substituents is 1. The summed E-state index contributed by atoms with van der Waals surface area (Å²) in [4.78, 5) is 15.0. The van der Waals surface area contributed by atoms with Crippen LogP contribution in [0, 0.1) is 6.92 Å². The number of carbonyl (C=O) groups is 1. The number of amides is 1. The van der Waals surface area contributed by atoms with Gasteiger partial charge >= 0.3 is 0 Å². The Labute approximate surface area is 191 Å². The number of rotatable bonds is 8. The van der Waals surface area contributed by atoms with Gasteiger partial charge in [0.05, 0.1) is 27.4 Å². The molecule has 2 heterocycles. The van der Waals surface area contributed by atoms with Gasteiger partial charge in [0.15, 0.2) is 11.5 Å². The van der Waals surface area contributed by atoms with Gasteiger partial charge in [0, 0.05) is 24.3 Å². The van der Waals surface area contributed by atoms with Crippen LogP contribution in [0.3, 0.4) is 0 Å². The number of aryl methyl sites for hydroxylation is 1. The predicted octanol–water partition coefficient (Wildman–Crippen LogP) is 3.04. The summed E-state index contributed by atoms with van der Waals surface area (Å²) in [6.07, 6.45) is 0.412. The third-order valence-corrected chi connectivity index (χ3v) is 5.83. The Kier molecular flexibility index (Phi) is 6.15. The lowest BCUT2D eigenvalue weighted by Gasteiger charge is -2.27. The Bertz CT molecular complexity index is 1160. The zero-order valence-electron chi connectivity index (χ0n) is 19.0. The molecule has 0 unspecified atom stereocenters. The molecule has 2 aromatic carbocycles. The van der Waals surface area contributed by atoms with Crippen molar-refractivity contribution in [1.82, 2.24) is 15.1 Å². The first kappa shape index (κ1) is 22.5. The molecule has 3 N–H and O–H groups in total. The first-order valence-electron chi connectivity index (χ1n) is 10.5. The van der Waals surface area contributed by atoms with Gasteiger partial charge in [-0.3, -0.25) is 9.89 Å². The third-order valence-electron chi connectivity index (χ3n) is 5.83. The van der Waals surface area contributed by atoms with Crippen molar-refractivity contribution in [3.8, 4) is 34.3 Å². The second kappa shape index (κ2) is 9.03. The van der Waals surface area contributed by atoms with E-state index in [0.29, 0.717) is 52.7 Å². The first-order valence-corrected chi connectivity index (χ1v) is 10.5. The van der Waals surface area contributed by atoms with E-state index in [2.05, 4.69) is 10.2 Å². The number of benzene rings is 2. The van der Waals surface area contributed by atoms with Gasteiger partial charge in [-0.25, -0.2) is 0 Å². The smallest absolute Gasteiger partial charge is 0.273 e. The summed E-state index contributed by atoms with van der Waals surface area (Å²) < 4.78 is 16.5. The maximum atomic E-state index is 13.3. The molecule has 1 aliphatic heterocycles. The van der Waals surface area contributed by atoms with Gasteiger partial charge in [0.1, 0.15) is 17.1 Å². The van der Waals surface area contributed by atoms with Crippen LogP contribution in [0.1, 0.15) is 39.6 Å². The molecule has 33 heavy (non-hydrogen) atoms. The minimum absolute atomic E-state index is 0.0521. The number of nitrogens with one attached hydrogen (secondary N) is 1. The molecule has 1 aliphatic rings. The molecule has 0 fully saturated rings. The highest BCUT2D eigenvalue weighted by atomic mass is 16.5. The monoisotopic (exact) mass is 453 g/mol. The molecule has 4 rings (SSSR count). The normalized spacial score (nSPS) is 15.0. The highest BCUT2D eigenvalue weighted by molar-refractivity contribution is 6.00. The summed E-state index contributed by atoms with van der Waals surface area (Å²) >= 11 is 0. The molecule has 1 amide bonds. The zero-order chi connectivity index (χ0) is 23.7. The highest BCUT2D eigenvalue weighted by Crippen LogP contribution is 2.48. The number of carbonyl (C=O) groups excluding carboxylic acids is 1. The summed E-state index contributed by atoms with van der Waals surface area (Å²) in [5, 5.41) is 27.2. The average molecular weight is 453 g/mol. The Morgan fingerprint density at radius 1 is 1.09 bits per heavy atom. The number of fused-ring (bicyclic) bond motifs is 1. The number of aromatic nitrogens is 2. The number of phenols is 1. The van der Waals surface area contributed by atoms with Gasteiger partial charge in [-0.05, 0) is 43.2 Å². The van der Waals surface area contributed by atoms with Crippen LogP contribution in [0.5, 0.6) is 23.0 Å². The summed E-state index contributed by atoms with van der Waals surface area (Å²) in [6, 6.07) is 8.31. The van der Waals surface area contributed by atoms with E-state index in [0.717, 1.165) is 11.1 Å². The zero-order valence-corrected chi connectivity index (χ0v) is 19.0. The van der Waals surface area contributed by atoms with E-state index >= 15 is 0 Å². The maximum absolute atomic E-state index is 13.3. The van der Waals surface area contributed by atoms with Crippen molar-refractivity contribution in [3.63, 3.8) is 0 Å². The van der Waals surface area contributed by atoms with Gasteiger partial charge in [-0.1, -0.05) is 11.6 Å². The molecule has 9 nitrogen and oxygen atoms in total. The molecule has 0 saturated heterocycles. The van der Waals surface area contributed by atoms with Crippen LogP contribution in [0.4, 0.5) is 0 Å². The summed E-state index contributed by atoms with van der Waals surface area (Å²) in [6.45, 7) is 2.20. The number of H-pyrrole nitrogens is 1. The van der Waals surface area contributed by atoms with Crippen molar-refractivity contribution in [2.24, 2.45) is 0 Å². The van der Waals surface area contributed by atoms with Gasteiger partial charge in [-0.2, -0.15) is 5.10 Å². The van der Waals surface area contributed by atoms with Gasteiger partial charge in [-0.15, -0.1) is 0 Å². The van der Waals surface area contributed by atoms with E-state index in [1.54, 1.807) is 29.2 Å². The van der Waals surface area contributed by atoms with Gasteiger partial charge < -0.3 is 29.3 Å². The number of ether oxygens (including phenoxy) is 3. The van der Waals surface area contributed by atoms with E-state index in [-0.39, 0.29) is 18.3 Å². The molecule has 0 aliphatic carbocycles. The fraction of sp³-hybridized carbons (Fsp3) is 0.333. The lowest BCUT2D eigenvalue weighted by atomic mass is 9.94. The van der Waals surface area contributed by atoms with Crippen molar-refractivity contribution in [2.45, 2.75) is 19.4 Å². The third kappa shape index (κ3) is 3.74. The summed E-state index contributed by atoms with van der Waals surface area (Å²) in [5.74, 6) is 1.19.